The SMILES string of the molecule is CN(C)[C@@H](CNC(=S)NCc1ccc2c(c1)OCO2)c1ccccc1Cl. The van der Waals surface area contributed by atoms with E-state index in [1.54, 1.807) is 0 Å². The van der Waals surface area contributed by atoms with Crippen LogP contribution in [0.25, 0.3) is 0 Å². The van der Waals surface area contributed by atoms with Gasteiger partial charge >= 0.3 is 0 Å². The minimum atomic E-state index is 0.119. The molecule has 0 saturated heterocycles. The molecule has 7 heteroatoms. The normalized spacial score (nSPS) is 13.5. The van der Waals surface area contributed by atoms with Crippen LogP contribution in [0.5, 0.6) is 11.5 Å². The van der Waals surface area contributed by atoms with Gasteiger partial charge in [0.2, 0.25) is 6.79 Å². The van der Waals surface area contributed by atoms with E-state index in [9.17, 15) is 0 Å². The minimum Gasteiger partial charge on any atom is -0.454 e. The van der Waals surface area contributed by atoms with Gasteiger partial charge in [-0.15, -0.1) is 0 Å². The lowest BCUT2D eigenvalue weighted by molar-refractivity contribution is 0.174. The molecule has 0 radical (unpaired) electrons. The average molecular weight is 392 g/mol. The highest BCUT2D eigenvalue weighted by molar-refractivity contribution is 7.80. The number of benzene rings is 2. The standard InChI is InChI=1S/C19H22ClN3O2S/c1-23(2)16(14-5-3-4-6-15(14)20)11-22-19(26)21-10-13-7-8-17-18(9-13)25-12-24-17/h3-9,16H,10-12H2,1-2H3,(H2,21,22,26)/t16-/m0/s1. The van der Waals surface area contributed by atoms with Crippen molar-refractivity contribution >= 4 is 28.9 Å². The summed E-state index contributed by atoms with van der Waals surface area (Å²) in [6, 6.07) is 13.9. The van der Waals surface area contributed by atoms with E-state index in [2.05, 4.69) is 15.5 Å². The second-order valence-electron chi connectivity index (χ2n) is 6.25. The molecule has 1 atom stereocenters. The molecule has 3 rings (SSSR count). The molecular weight excluding hydrogens is 370 g/mol. The van der Waals surface area contributed by atoms with Gasteiger partial charge in [-0.05, 0) is 55.6 Å². The summed E-state index contributed by atoms with van der Waals surface area (Å²) in [6.45, 7) is 1.55. The van der Waals surface area contributed by atoms with Crippen LogP contribution >= 0.6 is 23.8 Å². The maximum atomic E-state index is 6.34. The van der Waals surface area contributed by atoms with E-state index in [1.165, 1.54) is 0 Å². The largest absolute Gasteiger partial charge is 0.454 e. The average Bonchev–Trinajstić information content (AvgIpc) is 3.09. The second kappa shape index (κ2) is 8.58. The van der Waals surface area contributed by atoms with Crippen LogP contribution < -0.4 is 20.1 Å². The Balaban J connectivity index is 1.53. The fourth-order valence-electron chi connectivity index (χ4n) is 2.80. The van der Waals surface area contributed by atoms with Crippen molar-refractivity contribution in [3.05, 3.63) is 58.6 Å². The first-order valence-corrected chi connectivity index (χ1v) is 9.14. The lowest BCUT2D eigenvalue weighted by Crippen LogP contribution is -2.40. The van der Waals surface area contributed by atoms with Crippen molar-refractivity contribution in [2.45, 2.75) is 12.6 Å². The predicted octanol–water partition coefficient (Wildman–Crippen LogP) is 3.34. The van der Waals surface area contributed by atoms with E-state index in [0.29, 0.717) is 18.2 Å². The summed E-state index contributed by atoms with van der Waals surface area (Å²) in [4.78, 5) is 2.12. The van der Waals surface area contributed by atoms with Crippen LogP contribution in [0.4, 0.5) is 0 Å². The first-order chi connectivity index (χ1) is 12.5. The lowest BCUT2D eigenvalue weighted by atomic mass is 10.1. The summed E-state index contributed by atoms with van der Waals surface area (Å²) >= 11 is 11.8. The summed E-state index contributed by atoms with van der Waals surface area (Å²) in [7, 11) is 4.05. The molecule has 2 aromatic carbocycles. The number of hydrogen-bond donors (Lipinski definition) is 2. The summed E-state index contributed by atoms with van der Waals surface area (Å²) in [5, 5.41) is 7.85. The molecule has 1 aliphatic rings. The molecule has 0 aromatic heterocycles. The van der Waals surface area contributed by atoms with Crippen LogP contribution in [-0.4, -0.2) is 37.4 Å². The maximum Gasteiger partial charge on any atom is 0.231 e. The van der Waals surface area contributed by atoms with Crippen molar-refractivity contribution in [2.24, 2.45) is 0 Å². The Morgan fingerprint density at radius 1 is 1.15 bits per heavy atom. The minimum absolute atomic E-state index is 0.119. The van der Waals surface area contributed by atoms with E-state index in [1.807, 2.05) is 56.6 Å². The Kier molecular flexibility index (Phi) is 6.19. The van der Waals surface area contributed by atoms with Crippen LogP contribution in [-0.2, 0) is 6.54 Å². The molecule has 0 unspecified atom stereocenters. The monoisotopic (exact) mass is 391 g/mol. The Hall–Kier alpha value is -2.02. The van der Waals surface area contributed by atoms with Crippen LogP contribution in [0.2, 0.25) is 5.02 Å². The predicted molar refractivity (Wildman–Crippen MR) is 108 cm³/mol. The molecule has 0 amide bonds. The molecule has 2 N–H and O–H groups in total. The Morgan fingerprint density at radius 3 is 2.69 bits per heavy atom. The van der Waals surface area contributed by atoms with Gasteiger partial charge in [0, 0.05) is 18.1 Å². The number of hydrogen-bond acceptors (Lipinski definition) is 4. The summed E-state index contributed by atoms with van der Waals surface area (Å²) in [5.41, 5.74) is 2.15. The third-order valence-corrected chi connectivity index (χ3v) is 4.87. The number of halogens is 1. The molecule has 0 fully saturated rings. The van der Waals surface area contributed by atoms with E-state index in [4.69, 9.17) is 33.3 Å². The van der Waals surface area contributed by atoms with Crippen molar-refractivity contribution in [2.75, 3.05) is 27.4 Å². The molecular formula is C19H22ClN3O2S. The zero-order chi connectivity index (χ0) is 18.5. The molecule has 0 aliphatic carbocycles. The molecule has 1 heterocycles. The highest BCUT2D eigenvalue weighted by Crippen LogP contribution is 2.32. The number of rotatable bonds is 6. The van der Waals surface area contributed by atoms with Gasteiger partial charge in [-0.2, -0.15) is 0 Å². The van der Waals surface area contributed by atoms with E-state index in [-0.39, 0.29) is 12.8 Å². The number of fused-ring (bicyclic) bond motifs is 1. The maximum absolute atomic E-state index is 6.34. The Labute approximate surface area is 164 Å². The number of ether oxygens (including phenoxy) is 2. The van der Waals surface area contributed by atoms with Gasteiger partial charge in [-0.1, -0.05) is 35.9 Å². The zero-order valence-corrected chi connectivity index (χ0v) is 16.4. The van der Waals surface area contributed by atoms with Crippen LogP contribution in [0, 0.1) is 0 Å². The van der Waals surface area contributed by atoms with E-state index < -0.39 is 0 Å². The molecule has 0 spiro atoms. The quantitative estimate of drug-likeness (QED) is 0.736. The molecule has 2 aromatic rings. The van der Waals surface area contributed by atoms with E-state index in [0.717, 1.165) is 27.6 Å². The highest BCUT2D eigenvalue weighted by atomic mass is 35.5. The third kappa shape index (κ3) is 4.58. The van der Waals surface area contributed by atoms with Crippen molar-refractivity contribution in [1.82, 2.24) is 15.5 Å². The van der Waals surface area contributed by atoms with Gasteiger partial charge in [0.25, 0.3) is 0 Å². The van der Waals surface area contributed by atoms with Crippen molar-refractivity contribution in [3.8, 4) is 11.5 Å². The summed E-state index contributed by atoms with van der Waals surface area (Å²) < 4.78 is 10.7. The van der Waals surface area contributed by atoms with Gasteiger partial charge in [-0.3, -0.25) is 0 Å². The highest BCUT2D eigenvalue weighted by Gasteiger charge is 2.17. The number of nitrogens with zero attached hydrogens (tertiary/aromatic N) is 1. The molecule has 26 heavy (non-hydrogen) atoms. The first kappa shape index (κ1) is 18.8. The van der Waals surface area contributed by atoms with Crippen LogP contribution in [0.15, 0.2) is 42.5 Å². The molecule has 138 valence electrons. The van der Waals surface area contributed by atoms with E-state index >= 15 is 0 Å². The van der Waals surface area contributed by atoms with Crippen molar-refractivity contribution in [3.63, 3.8) is 0 Å². The summed E-state index contributed by atoms with van der Waals surface area (Å²) in [5.74, 6) is 1.55. The second-order valence-corrected chi connectivity index (χ2v) is 7.07. The van der Waals surface area contributed by atoms with Gasteiger partial charge in [0.05, 0.1) is 6.04 Å². The first-order valence-electron chi connectivity index (χ1n) is 8.35. The molecule has 0 saturated carbocycles. The fourth-order valence-corrected chi connectivity index (χ4v) is 3.22. The smallest absolute Gasteiger partial charge is 0.231 e. The number of likely N-dealkylation sites (N-methyl/N-ethyl adjacent to an activating group) is 1. The number of thiocarbonyl (C=S) groups is 1. The summed E-state index contributed by atoms with van der Waals surface area (Å²) in [6.07, 6.45) is 0. The molecule has 5 nitrogen and oxygen atoms in total. The van der Waals surface area contributed by atoms with Gasteiger partial charge < -0.3 is 25.0 Å². The van der Waals surface area contributed by atoms with Crippen molar-refractivity contribution < 1.29 is 9.47 Å². The Bertz CT molecular complexity index is 785. The zero-order valence-electron chi connectivity index (χ0n) is 14.8. The number of nitrogens with one attached hydrogen (secondary N) is 2. The lowest BCUT2D eigenvalue weighted by Gasteiger charge is -2.26. The third-order valence-electron chi connectivity index (χ3n) is 4.23. The molecule has 0 bridgehead atoms. The fraction of sp³-hybridized carbons (Fsp3) is 0.316. The van der Waals surface area contributed by atoms with Gasteiger partial charge in [0.15, 0.2) is 16.6 Å². The van der Waals surface area contributed by atoms with Gasteiger partial charge in [0.1, 0.15) is 0 Å². The van der Waals surface area contributed by atoms with Gasteiger partial charge in [-0.25, -0.2) is 0 Å². The van der Waals surface area contributed by atoms with Crippen LogP contribution in [0.1, 0.15) is 17.2 Å². The Morgan fingerprint density at radius 2 is 1.92 bits per heavy atom. The van der Waals surface area contributed by atoms with Crippen molar-refractivity contribution in [1.29, 1.82) is 0 Å². The topological polar surface area (TPSA) is 45.8 Å². The van der Waals surface area contributed by atoms with Crippen LogP contribution in [0.3, 0.4) is 0 Å². The molecule has 1 aliphatic heterocycles.